The smallest absolute Gasteiger partial charge is 0.225 e. The molecular weight excluding hydrogens is 288 g/mol. The van der Waals surface area contributed by atoms with Gasteiger partial charge in [0.25, 0.3) is 0 Å². The van der Waals surface area contributed by atoms with E-state index in [0.29, 0.717) is 29.7 Å². The highest BCUT2D eigenvalue weighted by Gasteiger charge is 2.40. The van der Waals surface area contributed by atoms with Gasteiger partial charge in [0.15, 0.2) is 5.78 Å². The Balaban J connectivity index is 2.10. The number of benzene rings is 1. The summed E-state index contributed by atoms with van der Waals surface area (Å²) in [5.41, 5.74) is 1.22. The first-order valence-corrected chi connectivity index (χ1v) is 7.27. The lowest BCUT2D eigenvalue weighted by Crippen LogP contribution is -2.40. The van der Waals surface area contributed by atoms with E-state index >= 15 is 0 Å². The van der Waals surface area contributed by atoms with Crippen molar-refractivity contribution in [2.24, 2.45) is 5.41 Å². The van der Waals surface area contributed by atoms with E-state index in [4.69, 9.17) is 0 Å². The first kappa shape index (κ1) is 14.9. The van der Waals surface area contributed by atoms with E-state index in [1.54, 1.807) is 0 Å². The van der Waals surface area contributed by atoms with Crippen LogP contribution < -0.4 is 5.32 Å². The molecule has 0 saturated heterocycles. The average molecular weight is 305 g/mol. The van der Waals surface area contributed by atoms with Gasteiger partial charge in [0.05, 0.1) is 0 Å². The third-order valence-corrected chi connectivity index (χ3v) is 4.24. The Morgan fingerprint density at radius 3 is 2.36 bits per heavy atom. The zero-order valence-corrected chi connectivity index (χ0v) is 12.5. The molecule has 1 aromatic carbocycles. The second-order valence-corrected chi connectivity index (χ2v) is 6.84. The van der Waals surface area contributed by atoms with Crippen LogP contribution in [-0.2, 0) is 9.59 Å². The van der Waals surface area contributed by atoms with Crippen LogP contribution in [0.25, 0.3) is 0 Å². The van der Waals surface area contributed by atoms with Gasteiger partial charge < -0.3 is 5.32 Å². The molecular formula is C17H17F2NO2. The second kappa shape index (κ2) is 5.00. The number of carbonyl (C=O) groups is 2. The number of halogens is 2. The Bertz CT molecular complexity index is 686. The first-order chi connectivity index (χ1) is 10.2. The van der Waals surface area contributed by atoms with Crippen molar-refractivity contribution >= 4 is 11.7 Å². The van der Waals surface area contributed by atoms with Crippen LogP contribution in [0.15, 0.2) is 29.5 Å². The fourth-order valence-corrected chi connectivity index (χ4v) is 3.42. The molecule has 1 atom stereocenters. The Morgan fingerprint density at radius 1 is 1.09 bits per heavy atom. The number of amides is 1. The summed E-state index contributed by atoms with van der Waals surface area (Å²) in [5.74, 6) is -2.25. The molecule has 0 radical (unpaired) electrons. The normalized spacial score (nSPS) is 24.1. The lowest BCUT2D eigenvalue weighted by Gasteiger charge is -2.37. The average Bonchev–Trinajstić information content (AvgIpc) is 2.34. The number of ketones is 1. The molecule has 0 bridgehead atoms. The monoisotopic (exact) mass is 305 g/mol. The highest BCUT2D eigenvalue weighted by molar-refractivity contribution is 6.02. The van der Waals surface area contributed by atoms with Crippen molar-refractivity contribution in [2.75, 3.05) is 0 Å². The SMILES string of the molecule is CC1(C)CC(=O)C2=C(C1)NC(=O)CC2c1cc(F)cc(F)c1. The van der Waals surface area contributed by atoms with Gasteiger partial charge >= 0.3 is 0 Å². The summed E-state index contributed by atoms with van der Waals surface area (Å²) in [6.07, 6.45) is 0.984. The summed E-state index contributed by atoms with van der Waals surface area (Å²) in [4.78, 5) is 24.5. The first-order valence-electron chi connectivity index (χ1n) is 7.27. The molecule has 5 heteroatoms. The predicted molar refractivity (Wildman–Crippen MR) is 76.9 cm³/mol. The Kier molecular flexibility index (Phi) is 3.38. The van der Waals surface area contributed by atoms with Crippen LogP contribution >= 0.6 is 0 Å². The number of allylic oxidation sites excluding steroid dienone is 2. The fourth-order valence-electron chi connectivity index (χ4n) is 3.42. The number of rotatable bonds is 1. The Labute approximate surface area is 127 Å². The van der Waals surface area contributed by atoms with Gasteiger partial charge in [-0.1, -0.05) is 13.8 Å². The predicted octanol–water partition coefficient (Wildman–Crippen LogP) is 3.21. The molecule has 0 aromatic heterocycles. The standard InChI is InChI=1S/C17H17F2NO2/c1-17(2)7-13-16(14(21)8-17)12(6-15(22)20-13)9-3-10(18)5-11(19)4-9/h3-5,12H,6-8H2,1-2H3,(H,20,22). The molecule has 1 amide bonds. The summed E-state index contributed by atoms with van der Waals surface area (Å²) in [7, 11) is 0. The molecule has 1 N–H and O–H groups in total. The van der Waals surface area contributed by atoms with Crippen molar-refractivity contribution in [1.29, 1.82) is 0 Å². The third kappa shape index (κ3) is 2.67. The summed E-state index contributed by atoms with van der Waals surface area (Å²) in [5, 5.41) is 2.77. The van der Waals surface area contributed by atoms with Crippen LogP contribution in [-0.4, -0.2) is 11.7 Å². The number of hydrogen-bond acceptors (Lipinski definition) is 2. The highest BCUT2D eigenvalue weighted by Crippen LogP contribution is 2.44. The van der Waals surface area contributed by atoms with Gasteiger partial charge in [0.2, 0.25) is 5.91 Å². The zero-order chi connectivity index (χ0) is 16.1. The molecule has 1 aromatic rings. The molecule has 0 fully saturated rings. The fraction of sp³-hybridized carbons (Fsp3) is 0.412. The maximum atomic E-state index is 13.5. The lowest BCUT2D eigenvalue weighted by molar-refractivity contribution is -0.122. The molecule has 3 rings (SSSR count). The van der Waals surface area contributed by atoms with Gasteiger partial charge in [-0.2, -0.15) is 0 Å². The van der Waals surface area contributed by atoms with Gasteiger partial charge in [-0.3, -0.25) is 9.59 Å². The van der Waals surface area contributed by atoms with E-state index in [1.807, 2.05) is 13.8 Å². The summed E-state index contributed by atoms with van der Waals surface area (Å²) in [6, 6.07) is 3.18. The third-order valence-electron chi connectivity index (χ3n) is 4.24. The van der Waals surface area contributed by atoms with Crippen molar-refractivity contribution in [1.82, 2.24) is 5.32 Å². The molecule has 116 valence electrons. The number of Topliss-reactive ketones (excluding diaryl/α,β-unsaturated/α-hetero) is 1. The Hall–Kier alpha value is -2.04. The van der Waals surface area contributed by atoms with Crippen molar-refractivity contribution in [3.8, 4) is 0 Å². The molecule has 0 saturated carbocycles. The molecule has 22 heavy (non-hydrogen) atoms. The topological polar surface area (TPSA) is 46.2 Å². The van der Waals surface area contributed by atoms with Gasteiger partial charge in [-0.15, -0.1) is 0 Å². The zero-order valence-electron chi connectivity index (χ0n) is 12.5. The maximum absolute atomic E-state index is 13.5. The van der Waals surface area contributed by atoms with Crippen LogP contribution in [0.3, 0.4) is 0 Å². The maximum Gasteiger partial charge on any atom is 0.225 e. The number of nitrogens with one attached hydrogen (secondary N) is 1. The number of hydrogen-bond donors (Lipinski definition) is 1. The van der Waals surface area contributed by atoms with E-state index in [1.165, 1.54) is 12.1 Å². The van der Waals surface area contributed by atoms with Gasteiger partial charge in [-0.05, 0) is 29.5 Å². The molecule has 1 aliphatic carbocycles. The van der Waals surface area contributed by atoms with Crippen molar-refractivity contribution in [3.63, 3.8) is 0 Å². The van der Waals surface area contributed by atoms with Crippen molar-refractivity contribution in [2.45, 2.75) is 39.0 Å². The van der Waals surface area contributed by atoms with Crippen LogP contribution in [0.2, 0.25) is 0 Å². The van der Waals surface area contributed by atoms with Crippen LogP contribution in [0.4, 0.5) is 8.78 Å². The quantitative estimate of drug-likeness (QED) is 0.866. The summed E-state index contributed by atoms with van der Waals surface area (Å²) >= 11 is 0. The Morgan fingerprint density at radius 2 is 1.73 bits per heavy atom. The van der Waals surface area contributed by atoms with E-state index in [9.17, 15) is 18.4 Å². The minimum absolute atomic E-state index is 0.0356. The van der Waals surface area contributed by atoms with E-state index in [0.717, 1.165) is 6.07 Å². The molecule has 1 aliphatic heterocycles. The van der Waals surface area contributed by atoms with E-state index in [2.05, 4.69) is 5.32 Å². The largest absolute Gasteiger partial charge is 0.329 e. The van der Waals surface area contributed by atoms with Crippen molar-refractivity contribution < 1.29 is 18.4 Å². The molecule has 0 spiro atoms. The molecule has 2 aliphatic rings. The summed E-state index contributed by atoms with van der Waals surface area (Å²) < 4.78 is 27.0. The van der Waals surface area contributed by atoms with Crippen molar-refractivity contribution in [3.05, 3.63) is 46.7 Å². The molecule has 1 heterocycles. The lowest BCUT2D eigenvalue weighted by atomic mass is 9.70. The van der Waals surface area contributed by atoms with E-state index < -0.39 is 17.6 Å². The minimum atomic E-state index is -0.702. The van der Waals surface area contributed by atoms with Gasteiger partial charge in [-0.25, -0.2) is 8.78 Å². The number of carbonyl (C=O) groups excluding carboxylic acids is 2. The molecule has 1 unspecified atom stereocenters. The van der Waals surface area contributed by atoms with Crippen LogP contribution in [0.1, 0.15) is 44.6 Å². The van der Waals surface area contributed by atoms with Crippen LogP contribution in [0, 0.1) is 17.0 Å². The van der Waals surface area contributed by atoms with Gasteiger partial charge in [0.1, 0.15) is 11.6 Å². The van der Waals surface area contributed by atoms with E-state index in [-0.39, 0.29) is 23.5 Å². The van der Waals surface area contributed by atoms with Crippen LogP contribution in [0.5, 0.6) is 0 Å². The second-order valence-electron chi connectivity index (χ2n) is 6.84. The minimum Gasteiger partial charge on any atom is -0.329 e. The highest BCUT2D eigenvalue weighted by atomic mass is 19.1. The molecule has 3 nitrogen and oxygen atoms in total. The van der Waals surface area contributed by atoms with Gasteiger partial charge in [0, 0.05) is 36.1 Å². The summed E-state index contributed by atoms with van der Waals surface area (Å²) in [6.45, 7) is 3.93.